The molecule has 0 N–H and O–H groups in total. The molecule has 1 aromatic heterocycles. The van der Waals surface area contributed by atoms with E-state index in [0.29, 0.717) is 5.69 Å². The van der Waals surface area contributed by atoms with E-state index in [-0.39, 0.29) is 0 Å². The highest BCUT2D eigenvalue weighted by atomic mass is 32.2. The quantitative estimate of drug-likeness (QED) is 0.457. The van der Waals surface area contributed by atoms with Crippen molar-refractivity contribution < 1.29 is 13.2 Å². The van der Waals surface area contributed by atoms with Crippen molar-refractivity contribution in [2.24, 2.45) is 0 Å². The first-order valence-corrected chi connectivity index (χ1v) is 11.2. The van der Waals surface area contributed by atoms with Crippen molar-refractivity contribution in [1.82, 2.24) is 9.29 Å². The number of hydrogen-bond acceptors (Lipinski definition) is 5. The minimum absolute atomic E-state index is 0.305. The third-order valence-electron chi connectivity index (χ3n) is 4.17. The van der Waals surface area contributed by atoms with Crippen molar-refractivity contribution in [3.05, 3.63) is 51.5 Å². The van der Waals surface area contributed by atoms with Gasteiger partial charge in [-0.2, -0.15) is 0 Å². The maximum atomic E-state index is 12.3. The molecular weight excluding hydrogens is 368 g/mol. The molecule has 2 rings (SSSR count). The molecule has 0 aliphatic heterocycles. The number of aromatic nitrogens is 1. The first-order chi connectivity index (χ1) is 12.3. The standard InChI is InChI=1S/C19H26N2O3S2/c1-15-19(17(22)14-26(23,24)21(2)3)20-18(25-15)13-9-5-8-12-16-10-6-4-7-11-16/h4,6-7,10-11H,5,8-9,12-14H2,1-3H3. The first kappa shape index (κ1) is 20.7. The summed E-state index contributed by atoms with van der Waals surface area (Å²) in [5.41, 5.74) is 1.66. The van der Waals surface area contributed by atoms with Crippen molar-refractivity contribution >= 4 is 27.1 Å². The number of sulfonamides is 1. The zero-order valence-corrected chi connectivity index (χ0v) is 17.2. The Kier molecular flexibility index (Phi) is 7.49. The molecule has 2 aromatic rings. The Morgan fingerprint density at radius 3 is 2.38 bits per heavy atom. The Morgan fingerprint density at radius 2 is 1.73 bits per heavy atom. The number of rotatable bonds is 10. The van der Waals surface area contributed by atoms with Crippen LogP contribution in [0.2, 0.25) is 0 Å². The van der Waals surface area contributed by atoms with Gasteiger partial charge < -0.3 is 0 Å². The molecule has 0 saturated heterocycles. The minimum atomic E-state index is -3.56. The Labute approximate surface area is 160 Å². The maximum absolute atomic E-state index is 12.3. The van der Waals surface area contributed by atoms with Gasteiger partial charge >= 0.3 is 0 Å². The van der Waals surface area contributed by atoms with E-state index in [9.17, 15) is 13.2 Å². The van der Waals surface area contributed by atoms with Gasteiger partial charge in [0.15, 0.2) is 5.78 Å². The molecule has 0 aliphatic carbocycles. The number of unbranched alkanes of at least 4 members (excludes halogenated alkanes) is 2. The van der Waals surface area contributed by atoms with Crippen molar-refractivity contribution in [3.63, 3.8) is 0 Å². The number of ketones is 1. The number of thiazole rings is 1. The highest BCUT2D eigenvalue weighted by Gasteiger charge is 2.23. The molecule has 1 aromatic carbocycles. The van der Waals surface area contributed by atoms with Gasteiger partial charge in [0.05, 0.1) is 5.01 Å². The largest absolute Gasteiger partial charge is 0.291 e. The predicted octanol–water partition coefficient (Wildman–Crippen LogP) is 3.48. The molecule has 0 fully saturated rings. The van der Waals surface area contributed by atoms with Crippen LogP contribution in [-0.4, -0.2) is 43.3 Å². The van der Waals surface area contributed by atoms with E-state index in [2.05, 4.69) is 29.2 Å². The molecule has 5 nitrogen and oxygen atoms in total. The SMILES string of the molecule is Cc1sc(CCCCCc2ccccc2)nc1C(=O)CS(=O)(=O)N(C)C. The van der Waals surface area contributed by atoms with Gasteiger partial charge in [0.2, 0.25) is 10.0 Å². The fraction of sp³-hybridized carbons (Fsp3) is 0.474. The Morgan fingerprint density at radius 1 is 1.08 bits per heavy atom. The van der Waals surface area contributed by atoms with Gasteiger partial charge in [-0.05, 0) is 38.2 Å². The molecule has 0 aliphatic rings. The van der Waals surface area contributed by atoms with Gasteiger partial charge in [0.1, 0.15) is 11.4 Å². The number of benzene rings is 1. The molecule has 0 saturated carbocycles. The lowest BCUT2D eigenvalue weighted by molar-refractivity contribution is 0.101. The summed E-state index contributed by atoms with van der Waals surface area (Å²) in [5, 5.41) is 0.910. The lowest BCUT2D eigenvalue weighted by atomic mass is 10.1. The van der Waals surface area contributed by atoms with E-state index < -0.39 is 21.6 Å². The predicted molar refractivity (Wildman–Crippen MR) is 106 cm³/mol. The second-order valence-corrected chi connectivity index (χ2v) is 9.99. The molecule has 0 radical (unpaired) electrons. The van der Waals surface area contributed by atoms with Gasteiger partial charge in [-0.25, -0.2) is 17.7 Å². The number of aryl methyl sites for hydroxylation is 3. The molecule has 0 amide bonds. The fourth-order valence-electron chi connectivity index (χ4n) is 2.61. The van der Waals surface area contributed by atoms with E-state index >= 15 is 0 Å². The summed E-state index contributed by atoms with van der Waals surface area (Å²) in [4.78, 5) is 17.5. The number of Topliss-reactive ketones (excluding diaryl/α,β-unsaturated/α-hetero) is 1. The topological polar surface area (TPSA) is 67.3 Å². The lowest BCUT2D eigenvalue weighted by Gasteiger charge is -2.09. The monoisotopic (exact) mass is 394 g/mol. The average molecular weight is 395 g/mol. The van der Waals surface area contributed by atoms with E-state index in [1.165, 1.54) is 31.0 Å². The molecule has 7 heteroatoms. The second-order valence-electron chi connectivity index (χ2n) is 6.52. The van der Waals surface area contributed by atoms with Gasteiger partial charge in [-0.3, -0.25) is 4.79 Å². The van der Waals surface area contributed by atoms with Gasteiger partial charge in [-0.1, -0.05) is 36.8 Å². The van der Waals surface area contributed by atoms with Crippen molar-refractivity contribution in [2.45, 2.75) is 39.0 Å². The van der Waals surface area contributed by atoms with Crippen LogP contribution in [-0.2, 0) is 22.9 Å². The first-order valence-electron chi connectivity index (χ1n) is 8.73. The van der Waals surface area contributed by atoms with Crippen molar-refractivity contribution in [1.29, 1.82) is 0 Å². The Hall–Kier alpha value is -1.57. The zero-order chi connectivity index (χ0) is 19.2. The van der Waals surface area contributed by atoms with Gasteiger partial charge in [0, 0.05) is 19.0 Å². The third kappa shape index (κ3) is 6.00. The third-order valence-corrected chi connectivity index (χ3v) is 6.94. The van der Waals surface area contributed by atoms with Crippen LogP contribution < -0.4 is 0 Å². The van der Waals surface area contributed by atoms with Crippen LogP contribution in [0.4, 0.5) is 0 Å². The summed E-state index contributed by atoms with van der Waals surface area (Å²) in [7, 11) is -0.699. The molecule has 26 heavy (non-hydrogen) atoms. The summed E-state index contributed by atoms with van der Waals surface area (Å²) in [6.45, 7) is 1.83. The van der Waals surface area contributed by atoms with Gasteiger partial charge in [0.25, 0.3) is 0 Å². The molecular formula is C19H26N2O3S2. The van der Waals surface area contributed by atoms with E-state index in [1.807, 2.05) is 13.0 Å². The minimum Gasteiger partial charge on any atom is -0.291 e. The van der Waals surface area contributed by atoms with Crippen LogP contribution in [0.15, 0.2) is 30.3 Å². The van der Waals surface area contributed by atoms with Crippen LogP contribution in [0.3, 0.4) is 0 Å². The van der Waals surface area contributed by atoms with Crippen LogP contribution in [0.1, 0.15) is 45.2 Å². The number of carbonyl (C=O) groups is 1. The van der Waals surface area contributed by atoms with Crippen molar-refractivity contribution in [3.8, 4) is 0 Å². The van der Waals surface area contributed by atoms with E-state index in [0.717, 1.165) is 46.3 Å². The molecule has 142 valence electrons. The lowest BCUT2D eigenvalue weighted by Crippen LogP contribution is -2.29. The summed E-state index contributed by atoms with van der Waals surface area (Å²) < 4.78 is 24.8. The number of carbonyl (C=O) groups excluding carboxylic acids is 1. The zero-order valence-electron chi connectivity index (χ0n) is 15.6. The normalized spacial score (nSPS) is 11.8. The van der Waals surface area contributed by atoms with Crippen LogP contribution >= 0.6 is 11.3 Å². The summed E-state index contributed by atoms with van der Waals surface area (Å²) in [6, 6.07) is 10.4. The van der Waals surface area contributed by atoms with Gasteiger partial charge in [-0.15, -0.1) is 11.3 Å². The Balaban J connectivity index is 1.83. The second kappa shape index (κ2) is 9.39. The average Bonchev–Trinajstić information content (AvgIpc) is 2.96. The number of hydrogen-bond donors (Lipinski definition) is 0. The van der Waals surface area contributed by atoms with Crippen LogP contribution in [0, 0.1) is 6.92 Å². The van der Waals surface area contributed by atoms with Crippen LogP contribution in [0.5, 0.6) is 0 Å². The molecule has 0 spiro atoms. The maximum Gasteiger partial charge on any atom is 0.221 e. The molecule has 0 atom stereocenters. The smallest absolute Gasteiger partial charge is 0.221 e. The highest BCUT2D eigenvalue weighted by Crippen LogP contribution is 2.21. The van der Waals surface area contributed by atoms with E-state index in [4.69, 9.17) is 0 Å². The van der Waals surface area contributed by atoms with Crippen LogP contribution in [0.25, 0.3) is 0 Å². The molecule has 0 bridgehead atoms. The molecule has 1 heterocycles. The summed E-state index contributed by atoms with van der Waals surface area (Å²) in [6.07, 6.45) is 5.15. The van der Waals surface area contributed by atoms with E-state index in [1.54, 1.807) is 0 Å². The summed E-state index contributed by atoms with van der Waals surface area (Å²) >= 11 is 1.49. The Bertz CT molecular complexity index is 828. The van der Waals surface area contributed by atoms with Crippen molar-refractivity contribution in [2.75, 3.05) is 19.8 Å². The highest BCUT2D eigenvalue weighted by molar-refractivity contribution is 7.89. The number of nitrogens with zero attached hydrogens (tertiary/aromatic N) is 2. The molecule has 0 unspecified atom stereocenters. The summed E-state index contributed by atoms with van der Waals surface area (Å²) in [5.74, 6) is -0.955. The fourth-order valence-corrected chi connectivity index (χ4v) is 4.33.